The first-order valence-electron chi connectivity index (χ1n) is 13.1. The second-order valence-electron chi connectivity index (χ2n) is 9.07. The van der Waals surface area contributed by atoms with Crippen LogP contribution in [0.3, 0.4) is 0 Å². The number of hydrogen-bond acceptors (Lipinski definition) is 5. The Bertz CT molecular complexity index is 966. The van der Waals surface area contributed by atoms with Gasteiger partial charge in [0.15, 0.2) is 5.78 Å². The molecule has 0 N–H and O–H groups in total. The Balaban J connectivity index is 1.80. The molecule has 0 atom stereocenters. The van der Waals surface area contributed by atoms with Crippen molar-refractivity contribution in [1.82, 2.24) is 0 Å². The van der Waals surface area contributed by atoms with E-state index in [1.165, 1.54) is 10.0 Å². The Morgan fingerprint density at radius 3 is 2.03 bits per heavy atom. The SMILES string of the molecule is CCCCN(CCCC)c1ccc(C2=C([O-])C(=C3C=CC(=[N+](CCCC)CCCC)S3)C2=O)s1. The van der Waals surface area contributed by atoms with Crippen LogP contribution in [0, 0.1) is 0 Å². The average Bonchev–Trinajstić information content (AvgIpc) is 3.50. The lowest BCUT2D eigenvalue weighted by molar-refractivity contribution is -0.525. The predicted octanol–water partition coefficient (Wildman–Crippen LogP) is 6.38. The predicted molar refractivity (Wildman–Crippen MR) is 147 cm³/mol. The summed E-state index contributed by atoms with van der Waals surface area (Å²) in [5.41, 5.74) is 0.752. The molecule has 6 heteroatoms. The largest absolute Gasteiger partial charge is 0.871 e. The molecule has 2 aliphatic rings. The van der Waals surface area contributed by atoms with Gasteiger partial charge in [-0.15, -0.1) is 11.3 Å². The van der Waals surface area contributed by atoms with Gasteiger partial charge in [0, 0.05) is 52.9 Å². The number of unbranched alkanes of at least 4 members (excludes halogenated alkanes) is 4. The van der Waals surface area contributed by atoms with Gasteiger partial charge in [0.25, 0.3) is 0 Å². The van der Waals surface area contributed by atoms with E-state index in [4.69, 9.17) is 0 Å². The summed E-state index contributed by atoms with van der Waals surface area (Å²) in [7, 11) is 0. The van der Waals surface area contributed by atoms with E-state index in [0.717, 1.165) is 87.3 Å². The molecule has 0 amide bonds. The van der Waals surface area contributed by atoms with Gasteiger partial charge in [0.2, 0.25) is 5.04 Å². The quantitative estimate of drug-likeness (QED) is 0.220. The molecule has 2 heterocycles. The van der Waals surface area contributed by atoms with Gasteiger partial charge < -0.3 is 10.0 Å². The molecule has 0 aromatic carbocycles. The van der Waals surface area contributed by atoms with Gasteiger partial charge in [-0.3, -0.25) is 4.79 Å². The van der Waals surface area contributed by atoms with E-state index in [1.807, 2.05) is 12.1 Å². The molecule has 0 radical (unpaired) electrons. The summed E-state index contributed by atoms with van der Waals surface area (Å²) in [6.45, 7) is 12.9. The van der Waals surface area contributed by atoms with Crippen molar-refractivity contribution >= 4 is 44.5 Å². The van der Waals surface area contributed by atoms with Crippen molar-refractivity contribution in [1.29, 1.82) is 0 Å². The smallest absolute Gasteiger partial charge is 0.239 e. The average molecular weight is 501 g/mol. The molecule has 1 aromatic heterocycles. The van der Waals surface area contributed by atoms with Crippen molar-refractivity contribution in [3.05, 3.63) is 45.4 Å². The fourth-order valence-electron chi connectivity index (χ4n) is 4.17. The third kappa shape index (κ3) is 6.25. The maximum atomic E-state index is 13.1. The molecule has 4 nitrogen and oxygen atoms in total. The summed E-state index contributed by atoms with van der Waals surface area (Å²) in [5, 5.41) is 15.4. The Hall–Kier alpha value is -1.79. The molecule has 0 fully saturated rings. The van der Waals surface area contributed by atoms with Crippen LogP contribution in [0.1, 0.15) is 83.9 Å². The highest BCUT2D eigenvalue weighted by Gasteiger charge is 2.34. The number of hydrogen-bond donors (Lipinski definition) is 0. The summed E-state index contributed by atoms with van der Waals surface area (Å²) < 4.78 is 2.41. The van der Waals surface area contributed by atoms with Crippen LogP contribution >= 0.6 is 23.1 Å². The summed E-state index contributed by atoms with van der Waals surface area (Å²) in [6, 6.07) is 4.04. The molecular weight excluding hydrogens is 460 g/mol. The number of thiophene rings is 1. The number of thioether (sulfide) groups is 1. The second-order valence-corrected chi connectivity index (χ2v) is 11.2. The van der Waals surface area contributed by atoms with Crippen LogP contribution < -0.4 is 10.0 Å². The molecule has 1 aromatic rings. The van der Waals surface area contributed by atoms with Crippen LogP contribution in [0.4, 0.5) is 5.00 Å². The first-order chi connectivity index (χ1) is 16.5. The molecule has 0 saturated carbocycles. The maximum Gasteiger partial charge on any atom is 0.239 e. The Morgan fingerprint density at radius 1 is 0.853 bits per heavy atom. The van der Waals surface area contributed by atoms with Crippen molar-refractivity contribution in [2.24, 2.45) is 0 Å². The monoisotopic (exact) mass is 500 g/mol. The van der Waals surface area contributed by atoms with Gasteiger partial charge in [-0.25, -0.2) is 4.58 Å². The summed E-state index contributed by atoms with van der Waals surface area (Å²) >= 11 is 3.18. The zero-order valence-electron chi connectivity index (χ0n) is 21.3. The summed E-state index contributed by atoms with van der Waals surface area (Å²) in [5.74, 6) is -0.178. The standard InChI is InChI=1S/C28H40N2O2S2/c1-5-9-17-29(18-10-6-2)23-15-13-21(33-23)25-27(31)26(28(25)32)22-14-16-24(34-22)30(19-11-7-3)20-12-8-4/h13-16H,5-12,17-20H2,1-4H3. The van der Waals surface area contributed by atoms with E-state index in [0.29, 0.717) is 11.1 Å². The van der Waals surface area contributed by atoms with E-state index in [1.54, 1.807) is 23.1 Å². The number of allylic oxidation sites excluding steroid dienone is 3. The van der Waals surface area contributed by atoms with E-state index in [2.05, 4.69) is 49.3 Å². The Morgan fingerprint density at radius 2 is 1.47 bits per heavy atom. The third-order valence-electron chi connectivity index (χ3n) is 6.33. The van der Waals surface area contributed by atoms with E-state index in [9.17, 15) is 9.90 Å². The van der Waals surface area contributed by atoms with Crippen LogP contribution in [-0.4, -0.2) is 41.6 Å². The van der Waals surface area contributed by atoms with Crippen molar-refractivity contribution in [3.8, 4) is 0 Å². The van der Waals surface area contributed by atoms with Crippen molar-refractivity contribution in [2.45, 2.75) is 79.1 Å². The van der Waals surface area contributed by atoms with Crippen LogP contribution in [0.25, 0.3) is 5.57 Å². The van der Waals surface area contributed by atoms with E-state index < -0.39 is 0 Å². The molecule has 34 heavy (non-hydrogen) atoms. The second kappa shape index (κ2) is 13.3. The molecule has 0 unspecified atom stereocenters. The molecule has 0 bridgehead atoms. The topological polar surface area (TPSA) is 46.4 Å². The first kappa shape index (κ1) is 26.8. The van der Waals surface area contributed by atoms with Crippen molar-refractivity contribution in [2.75, 3.05) is 31.1 Å². The van der Waals surface area contributed by atoms with Crippen LogP contribution in [0.5, 0.6) is 0 Å². The summed E-state index contributed by atoms with van der Waals surface area (Å²) in [4.78, 5) is 17.2. The lowest BCUT2D eigenvalue weighted by Crippen LogP contribution is -2.29. The number of carbonyl (C=O) groups is 1. The van der Waals surface area contributed by atoms with Gasteiger partial charge in [-0.1, -0.05) is 59.1 Å². The molecule has 0 saturated heterocycles. The third-order valence-corrected chi connectivity index (χ3v) is 8.66. The van der Waals surface area contributed by atoms with Gasteiger partial charge in [-0.05, 0) is 42.8 Å². The molecule has 3 rings (SSSR count). The lowest BCUT2D eigenvalue weighted by atomic mass is 9.86. The van der Waals surface area contributed by atoms with E-state index >= 15 is 0 Å². The minimum Gasteiger partial charge on any atom is -0.871 e. The fourth-order valence-corrected chi connectivity index (χ4v) is 6.36. The molecule has 186 valence electrons. The molecule has 0 spiro atoms. The fraction of sp³-hybridized carbons (Fsp3) is 0.571. The minimum absolute atomic E-state index is 0.0888. The Kier molecular flexibility index (Phi) is 10.5. The highest BCUT2D eigenvalue weighted by atomic mass is 32.2. The summed E-state index contributed by atoms with van der Waals surface area (Å²) in [6.07, 6.45) is 13.3. The van der Waals surface area contributed by atoms with Crippen LogP contribution in [0.2, 0.25) is 0 Å². The maximum absolute atomic E-state index is 13.1. The van der Waals surface area contributed by atoms with Gasteiger partial charge in [0.05, 0.1) is 5.00 Å². The first-order valence-corrected chi connectivity index (χ1v) is 14.7. The highest BCUT2D eigenvalue weighted by molar-refractivity contribution is 8.18. The molecular formula is C28H40N2O2S2. The van der Waals surface area contributed by atoms with Gasteiger partial charge in [-0.2, -0.15) is 0 Å². The molecule has 1 aliphatic carbocycles. The van der Waals surface area contributed by atoms with Crippen molar-refractivity contribution in [3.63, 3.8) is 0 Å². The van der Waals surface area contributed by atoms with Gasteiger partial charge in [0.1, 0.15) is 13.1 Å². The normalized spacial score (nSPS) is 17.6. The number of anilines is 1. The van der Waals surface area contributed by atoms with E-state index in [-0.39, 0.29) is 11.5 Å². The Labute approximate surface area is 214 Å². The highest BCUT2D eigenvalue weighted by Crippen LogP contribution is 2.44. The number of ketones is 1. The van der Waals surface area contributed by atoms with Crippen molar-refractivity contribution < 1.29 is 14.5 Å². The number of Topliss-reactive ketones (excluding diaryl/α,β-unsaturated/α-hetero) is 1. The number of carbonyl (C=O) groups excluding carboxylic acids is 1. The molecule has 1 aliphatic heterocycles. The number of nitrogens with zero attached hydrogens (tertiary/aromatic N) is 2. The lowest BCUT2D eigenvalue weighted by Gasteiger charge is -2.30. The zero-order chi connectivity index (χ0) is 24.5. The minimum atomic E-state index is -0.0888. The number of rotatable bonds is 14. The van der Waals surface area contributed by atoms with Crippen LogP contribution in [-0.2, 0) is 4.79 Å². The van der Waals surface area contributed by atoms with Crippen LogP contribution in [0.15, 0.2) is 40.5 Å². The zero-order valence-corrected chi connectivity index (χ0v) is 23.0. The van der Waals surface area contributed by atoms with Gasteiger partial charge >= 0.3 is 0 Å².